The molecule has 0 bridgehead atoms. The molecule has 0 aromatic heterocycles. The maximum atomic E-state index is 13.6. The van der Waals surface area contributed by atoms with Crippen molar-refractivity contribution < 1.29 is 13.8 Å². The predicted molar refractivity (Wildman–Crippen MR) is 137 cm³/mol. The van der Waals surface area contributed by atoms with E-state index in [4.69, 9.17) is 11.6 Å². The zero-order valence-corrected chi connectivity index (χ0v) is 20.2. The number of amides is 2. The van der Waals surface area contributed by atoms with E-state index >= 15 is 0 Å². The number of nitrogens with one attached hydrogen (secondary N) is 1. The Kier molecular flexibility index (Phi) is 6.49. The first-order valence-electron chi connectivity index (χ1n) is 11.0. The van der Waals surface area contributed by atoms with E-state index in [9.17, 15) is 13.8 Å². The van der Waals surface area contributed by atoms with Crippen LogP contribution in [0.3, 0.4) is 0 Å². The second kappa shape index (κ2) is 9.86. The summed E-state index contributed by atoms with van der Waals surface area (Å²) in [7, 11) is -1.57. The molecule has 35 heavy (non-hydrogen) atoms. The van der Waals surface area contributed by atoms with Gasteiger partial charge in [-0.25, -0.2) is 4.21 Å². The Bertz CT molecular complexity index is 1440. The maximum Gasteiger partial charge on any atom is 0.259 e. The standard InChI is InChI=1S/C28H21ClN2O3S/c29-22-13-10-19(11-14-22)17-30-27(32)21-12-15-26-24(16-21)31(18-20-6-2-1-3-7-20)28(33)23-8-4-5-9-25(23)35(26)34/h1-16H,17-18H2,(H,30,32)/t35-/m1/s1. The molecule has 5 nitrogen and oxygen atoms in total. The highest BCUT2D eigenvalue weighted by atomic mass is 35.5. The molecule has 0 spiro atoms. The highest BCUT2D eigenvalue weighted by molar-refractivity contribution is 7.85. The van der Waals surface area contributed by atoms with Crippen LogP contribution >= 0.6 is 11.6 Å². The molecule has 1 aliphatic heterocycles. The molecule has 0 saturated carbocycles. The van der Waals surface area contributed by atoms with E-state index in [0.29, 0.717) is 38.2 Å². The molecular weight excluding hydrogens is 480 g/mol. The van der Waals surface area contributed by atoms with Crippen molar-refractivity contribution in [2.75, 3.05) is 4.90 Å². The number of rotatable bonds is 5. The molecule has 0 radical (unpaired) electrons. The third-order valence-corrected chi connectivity index (χ3v) is 7.58. The molecule has 2 amide bonds. The van der Waals surface area contributed by atoms with Crippen molar-refractivity contribution in [2.45, 2.75) is 22.9 Å². The molecule has 1 N–H and O–H groups in total. The molecule has 4 aromatic rings. The first-order chi connectivity index (χ1) is 17.0. The lowest BCUT2D eigenvalue weighted by atomic mass is 10.1. The van der Waals surface area contributed by atoms with E-state index in [-0.39, 0.29) is 18.4 Å². The second-order valence-corrected chi connectivity index (χ2v) is 9.99. The average molecular weight is 501 g/mol. The molecule has 174 valence electrons. The van der Waals surface area contributed by atoms with E-state index in [1.54, 1.807) is 59.5 Å². The van der Waals surface area contributed by atoms with Gasteiger partial charge in [0.05, 0.1) is 38.4 Å². The van der Waals surface area contributed by atoms with Crippen molar-refractivity contribution in [1.82, 2.24) is 5.32 Å². The van der Waals surface area contributed by atoms with Gasteiger partial charge in [0.2, 0.25) is 0 Å². The van der Waals surface area contributed by atoms with Crippen LogP contribution in [0.15, 0.2) is 107 Å². The lowest BCUT2D eigenvalue weighted by molar-refractivity contribution is 0.0947. The van der Waals surface area contributed by atoms with Crippen molar-refractivity contribution in [3.63, 3.8) is 0 Å². The number of fused-ring (bicyclic) bond motifs is 2. The van der Waals surface area contributed by atoms with Crippen LogP contribution in [0.2, 0.25) is 5.02 Å². The average Bonchev–Trinajstić information content (AvgIpc) is 2.98. The lowest BCUT2D eigenvalue weighted by Crippen LogP contribution is -2.31. The highest BCUT2D eigenvalue weighted by Gasteiger charge is 2.31. The van der Waals surface area contributed by atoms with Gasteiger partial charge in [-0.1, -0.05) is 66.2 Å². The molecule has 0 aliphatic carbocycles. The first kappa shape index (κ1) is 23.0. The smallest absolute Gasteiger partial charge is 0.259 e. The minimum atomic E-state index is -1.57. The zero-order chi connectivity index (χ0) is 24.4. The summed E-state index contributed by atoms with van der Waals surface area (Å²) in [4.78, 5) is 29.2. The summed E-state index contributed by atoms with van der Waals surface area (Å²) in [6, 6.07) is 28.7. The molecule has 1 aliphatic rings. The number of hydrogen-bond acceptors (Lipinski definition) is 3. The number of anilines is 1. The molecule has 7 heteroatoms. The second-order valence-electron chi connectivity index (χ2n) is 8.13. The van der Waals surface area contributed by atoms with Gasteiger partial charge in [-0.05, 0) is 53.6 Å². The Morgan fingerprint density at radius 1 is 0.829 bits per heavy atom. The number of carbonyl (C=O) groups excluding carboxylic acids is 2. The van der Waals surface area contributed by atoms with E-state index in [1.165, 1.54) is 0 Å². The Hall–Kier alpha value is -3.74. The van der Waals surface area contributed by atoms with Crippen LogP contribution in [0, 0.1) is 0 Å². The van der Waals surface area contributed by atoms with Crippen molar-refractivity contribution >= 4 is 39.9 Å². The molecule has 0 fully saturated rings. The summed E-state index contributed by atoms with van der Waals surface area (Å²) in [6.45, 7) is 0.616. The maximum absolute atomic E-state index is 13.6. The summed E-state index contributed by atoms with van der Waals surface area (Å²) in [5.74, 6) is -0.544. The summed E-state index contributed by atoms with van der Waals surface area (Å²) >= 11 is 5.94. The van der Waals surface area contributed by atoms with Gasteiger partial charge < -0.3 is 10.2 Å². The van der Waals surface area contributed by atoms with Crippen LogP contribution in [-0.2, 0) is 23.9 Å². The van der Waals surface area contributed by atoms with Gasteiger partial charge >= 0.3 is 0 Å². The summed E-state index contributed by atoms with van der Waals surface area (Å²) in [6.07, 6.45) is 0. The number of nitrogens with zero attached hydrogens (tertiary/aromatic N) is 1. The normalized spacial score (nSPS) is 14.6. The first-order valence-corrected chi connectivity index (χ1v) is 12.6. The predicted octanol–water partition coefficient (Wildman–Crippen LogP) is 5.60. The minimum Gasteiger partial charge on any atom is -0.348 e. The minimum absolute atomic E-state index is 0.254. The molecule has 4 aromatic carbocycles. The van der Waals surface area contributed by atoms with Crippen LogP contribution in [0.4, 0.5) is 5.69 Å². The fraction of sp³-hybridized carbons (Fsp3) is 0.0714. The molecule has 5 rings (SSSR count). The lowest BCUT2D eigenvalue weighted by Gasteiger charge is -2.23. The Morgan fingerprint density at radius 2 is 1.54 bits per heavy atom. The number of halogens is 1. The summed E-state index contributed by atoms with van der Waals surface area (Å²) in [5, 5.41) is 3.53. The largest absolute Gasteiger partial charge is 0.348 e. The third kappa shape index (κ3) is 4.76. The van der Waals surface area contributed by atoms with Crippen molar-refractivity contribution in [2.24, 2.45) is 0 Å². The van der Waals surface area contributed by atoms with Crippen molar-refractivity contribution in [1.29, 1.82) is 0 Å². The summed E-state index contributed by atoms with van der Waals surface area (Å²) < 4.78 is 13.5. The van der Waals surface area contributed by atoms with Crippen LogP contribution in [0.25, 0.3) is 0 Å². The van der Waals surface area contributed by atoms with E-state index in [2.05, 4.69) is 5.32 Å². The molecule has 0 unspecified atom stereocenters. The molecule has 0 saturated heterocycles. The number of hydrogen-bond donors (Lipinski definition) is 1. The van der Waals surface area contributed by atoms with Gasteiger partial charge in [-0.3, -0.25) is 9.59 Å². The van der Waals surface area contributed by atoms with Crippen molar-refractivity contribution in [3.05, 3.63) is 124 Å². The van der Waals surface area contributed by atoms with Crippen LogP contribution in [0.1, 0.15) is 31.8 Å². The fourth-order valence-corrected chi connectivity index (χ4v) is 5.49. The highest BCUT2D eigenvalue weighted by Crippen LogP contribution is 2.36. The quantitative estimate of drug-likeness (QED) is 0.388. The molecule has 1 atom stereocenters. The van der Waals surface area contributed by atoms with E-state index < -0.39 is 10.8 Å². The van der Waals surface area contributed by atoms with Crippen LogP contribution in [-0.4, -0.2) is 16.0 Å². The van der Waals surface area contributed by atoms with Crippen LogP contribution < -0.4 is 10.2 Å². The molecule has 1 heterocycles. The van der Waals surface area contributed by atoms with Crippen molar-refractivity contribution in [3.8, 4) is 0 Å². The number of benzene rings is 4. The van der Waals surface area contributed by atoms with E-state index in [1.807, 2.05) is 42.5 Å². The Morgan fingerprint density at radius 3 is 2.31 bits per heavy atom. The van der Waals surface area contributed by atoms with Gasteiger partial charge in [0.25, 0.3) is 11.8 Å². The van der Waals surface area contributed by atoms with Gasteiger partial charge in [0.15, 0.2) is 0 Å². The van der Waals surface area contributed by atoms with Gasteiger partial charge in [-0.15, -0.1) is 0 Å². The Balaban J connectivity index is 1.52. The van der Waals surface area contributed by atoms with Gasteiger partial charge in [0.1, 0.15) is 0 Å². The SMILES string of the molecule is O=C(NCc1ccc(Cl)cc1)c1ccc2c(c1)N(Cc1ccccc1)C(=O)c1ccccc1[S@]2=O. The van der Waals surface area contributed by atoms with E-state index in [0.717, 1.165) is 11.1 Å². The van der Waals surface area contributed by atoms with Gasteiger partial charge in [-0.2, -0.15) is 0 Å². The monoisotopic (exact) mass is 500 g/mol. The van der Waals surface area contributed by atoms with Gasteiger partial charge in [0, 0.05) is 17.1 Å². The molecular formula is C28H21ClN2O3S. The number of carbonyl (C=O) groups is 2. The summed E-state index contributed by atoms with van der Waals surface area (Å²) in [5.41, 5.74) is 3.08. The van der Waals surface area contributed by atoms with Crippen LogP contribution in [0.5, 0.6) is 0 Å². The topological polar surface area (TPSA) is 66.5 Å². The third-order valence-electron chi connectivity index (χ3n) is 5.82. The zero-order valence-electron chi connectivity index (χ0n) is 18.6. The Labute approximate surface area is 210 Å². The fourth-order valence-electron chi connectivity index (χ4n) is 4.01.